The van der Waals surface area contributed by atoms with E-state index in [9.17, 15) is 0 Å². The average molecular weight is 699 g/mol. The van der Waals surface area contributed by atoms with Gasteiger partial charge >= 0.3 is 0 Å². The van der Waals surface area contributed by atoms with Gasteiger partial charge < -0.3 is 0 Å². The van der Waals surface area contributed by atoms with Crippen molar-refractivity contribution >= 4 is 54.1 Å². The van der Waals surface area contributed by atoms with E-state index in [2.05, 4.69) is 211 Å². The number of aromatic nitrogens is 2. The molecule has 0 fully saturated rings. The average Bonchev–Trinajstić information content (AvgIpc) is 3.65. The van der Waals surface area contributed by atoms with Crippen LogP contribution in [0.1, 0.15) is 0 Å². The molecule has 11 rings (SSSR count). The summed E-state index contributed by atoms with van der Waals surface area (Å²) in [6.07, 6.45) is 0. The van der Waals surface area contributed by atoms with Crippen molar-refractivity contribution in [3.8, 4) is 50.5 Å². The van der Waals surface area contributed by atoms with Gasteiger partial charge in [-0.25, -0.2) is 4.98 Å². The molecule has 2 nitrogen and oxygen atoms in total. The van der Waals surface area contributed by atoms with Crippen molar-refractivity contribution in [2.45, 2.75) is 0 Å². The Kier molecular flexibility index (Phi) is 7.21. The van der Waals surface area contributed by atoms with E-state index in [1.807, 2.05) is 0 Å². The van der Waals surface area contributed by atoms with Crippen molar-refractivity contribution in [2.75, 3.05) is 0 Å². The van der Waals surface area contributed by atoms with Gasteiger partial charge in [-0.05, 0) is 113 Å². The maximum Gasteiger partial charge on any atom is 0.145 e. The van der Waals surface area contributed by atoms with E-state index in [4.69, 9.17) is 4.98 Å². The van der Waals surface area contributed by atoms with Gasteiger partial charge in [-0.1, -0.05) is 170 Å². The second-order valence-electron chi connectivity index (χ2n) is 14.3. The Bertz CT molecular complexity index is 3230. The van der Waals surface area contributed by atoms with Crippen LogP contribution in [-0.4, -0.2) is 9.55 Å². The van der Waals surface area contributed by atoms with Gasteiger partial charge in [0.2, 0.25) is 0 Å². The first-order chi connectivity index (χ1) is 27.3. The molecular formula is C53H34N2. The van der Waals surface area contributed by atoms with Crippen LogP contribution in [0.25, 0.3) is 105 Å². The van der Waals surface area contributed by atoms with Crippen molar-refractivity contribution in [1.82, 2.24) is 9.55 Å². The lowest BCUT2D eigenvalue weighted by Crippen LogP contribution is -1.98. The molecule has 11 aromatic rings. The summed E-state index contributed by atoms with van der Waals surface area (Å²) in [7, 11) is 0. The van der Waals surface area contributed by atoms with Crippen LogP contribution in [-0.2, 0) is 0 Å². The van der Waals surface area contributed by atoms with Gasteiger partial charge in [-0.3, -0.25) is 4.57 Å². The summed E-state index contributed by atoms with van der Waals surface area (Å²) in [6, 6.07) is 74.7. The molecule has 0 atom stereocenters. The van der Waals surface area contributed by atoms with Crippen LogP contribution in [0.4, 0.5) is 0 Å². The molecule has 0 radical (unpaired) electrons. The molecule has 0 aliphatic heterocycles. The van der Waals surface area contributed by atoms with Gasteiger partial charge in [-0.15, -0.1) is 0 Å². The van der Waals surface area contributed by atoms with E-state index >= 15 is 0 Å². The van der Waals surface area contributed by atoms with Crippen LogP contribution < -0.4 is 0 Å². The molecule has 1 aromatic heterocycles. The van der Waals surface area contributed by atoms with Crippen LogP contribution in [0, 0.1) is 0 Å². The Morgan fingerprint density at radius 2 is 0.855 bits per heavy atom. The van der Waals surface area contributed by atoms with Crippen molar-refractivity contribution in [2.24, 2.45) is 0 Å². The fourth-order valence-corrected chi connectivity index (χ4v) is 8.71. The Labute approximate surface area is 319 Å². The molecule has 1 heterocycles. The number of nitrogens with zero attached hydrogens (tertiary/aromatic N) is 2. The van der Waals surface area contributed by atoms with E-state index in [-0.39, 0.29) is 0 Å². The summed E-state index contributed by atoms with van der Waals surface area (Å²) in [4.78, 5) is 5.09. The van der Waals surface area contributed by atoms with Crippen molar-refractivity contribution in [3.05, 3.63) is 206 Å². The number of imidazole rings is 1. The molecule has 0 aliphatic carbocycles. The second kappa shape index (κ2) is 12.7. The van der Waals surface area contributed by atoms with Crippen LogP contribution in [0.3, 0.4) is 0 Å². The lowest BCUT2D eigenvalue weighted by atomic mass is 9.84. The Morgan fingerprint density at radius 1 is 0.327 bits per heavy atom. The topological polar surface area (TPSA) is 17.8 Å². The molecule has 2 heteroatoms. The minimum Gasteiger partial charge on any atom is -0.292 e. The molecular weight excluding hydrogens is 665 g/mol. The number of hydrogen-bond acceptors (Lipinski definition) is 1. The van der Waals surface area contributed by atoms with Gasteiger partial charge in [0.1, 0.15) is 5.82 Å². The predicted octanol–water partition coefficient (Wildman–Crippen LogP) is 14.3. The summed E-state index contributed by atoms with van der Waals surface area (Å²) < 4.78 is 2.28. The van der Waals surface area contributed by atoms with Crippen LogP contribution in [0.2, 0.25) is 0 Å². The summed E-state index contributed by atoms with van der Waals surface area (Å²) in [5, 5.41) is 10.0. The van der Waals surface area contributed by atoms with E-state index in [1.54, 1.807) is 0 Å². The van der Waals surface area contributed by atoms with E-state index in [0.717, 1.165) is 28.1 Å². The first-order valence-electron chi connectivity index (χ1n) is 18.9. The van der Waals surface area contributed by atoms with Crippen molar-refractivity contribution in [3.63, 3.8) is 0 Å². The third-order valence-electron chi connectivity index (χ3n) is 11.2. The molecule has 0 unspecified atom stereocenters. The largest absolute Gasteiger partial charge is 0.292 e. The third-order valence-corrected chi connectivity index (χ3v) is 11.2. The molecule has 256 valence electrons. The standard InChI is InChI=1S/C53H34N2/c1-3-15-35(16-4-1)52-45-24-12-11-23-44(45)51(36-27-30-40(31-28-36)55-50-26-14-13-25-49(50)54-53(55)37-17-5-2-6-18-37)46-32-29-39(34-48(46)52)47-33-38-19-7-8-20-41(38)42-21-9-10-22-43(42)47/h1-34H. The summed E-state index contributed by atoms with van der Waals surface area (Å²) >= 11 is 0. The molecule has 0 bridgehead atoms. The summed E-state index contributed by atoms with van der Waals surface area (Å²) in [5.41, 5.74) is 11.6. The maximum absolute atomic E-state index is 5.09. The SMILES string of the molecule is c1ccc(-c2c3ccccc3c(-c3ccc(-n4c(-c5ccccc5)nc5ccccc54)cc3)c3ccc(-c4cc5ccccc5c5ccccc45)cc23)cc1. The first kappa shape index (κ1) is 31.3. The fourth-order valence-electron chi connectivity index (χ4n) is 8.71. The minimum absolute atomic E-state index is 0.936. The van der Waals surface area contributed by atoms with Crippen LogP contribution in [0.15, 0.2) is 206 Å². The molecule has 0 spiro atoms. The number of rotatable bonds is 5. The first-order valence-corrected chi connectivity index (χ1v) is 18.9. The quantitative estimate of drug-likeness (QED) is 0.129. The molecule has 10 aromatic carbocycles. The van der Waals surface area contributed by atoms with Crippen molar-refractivity contribution in [1.29, 1.82) is 0 Å². The molecule has 0 N–H and O–H groups in total. The van der Waals surface area contributed by atoms with Crippen molar-refractivity contribution < 1.29 is 0 Å². The lowest BCUT2D eigenvalue weighted by Gasteiger charge is -2.19. The Balaban J connectivity index is 1.16. The lowest BCUT2D eigenvalue weighted by molar-refractivity contribution is 1.10. The molecule has 0 saturated carbocycles. The van der Waals surface area contributed by atoms with Gasteiger partial charge in [-0.2, -0.15) is 0 Å². The van der Waals surface area contributed by atoms with Gasteiger partial charge in [0, 0.05) is 11.3 Å². The fraction of sp³-hybridized carbons (Fsp3) is 0. The molecule has 0 saturated heterocycles. The number of para-hydroxylation sites is 2. The highest BCUT2D eigenvalue weighted by Crippen LogP contribution is 2.46. The summed E-state index contributed by atoms with van der Waals surface area (Å²) in [5.74, 6) is 0.936. The number of fused-ring (bicyclic) bond motifs is 6. The van der Waals surface area contributed by atoms with Gasteiger partial charge in [0.15, 0.2) is 0 Å². The third kappa shape index (κ3) is 5.07. The summed E-state index contributed by atoms with van der Waals surface area (Å²) in [6.45, 7) is 0. The van der Waals surface area contributed by atoms with E-state index in [0.29, 0.717) is 0 Å². The zero-order valence-electron chi connectivity index (χ0n) is 30.0. The zero-order valence-corrected chi connectivity index (χ0v) is 30.0. The Morgan fingerprint density at radius 3 is 1.60 bits per heavy atom. The number of benzene rings is 10. The highest BCUT2D eigenvalue weighted by atomic mass is 15.1. The van der Waals surface area contributed by atoms with E-state index in [1.165, 1.54) is 76.5 Å². The predicted molar refractivity (Wildman–Crippen MR) is 233 cm³/mol. The van der Waals surface area contributed by atoms with E-state index < -0.39 is 0 Å². The molecule has 55 heavy (non-hydrogen) atoms. The maximum atomic E-state index is 5.09. The highest BCUT2D eigenvalue weighted by molar-refractivity contribution is 6.22. The monoisotopic (exact) mass is 698 g/mol. The smallest absolute Gasteiger partial charge is 0.145 e. The minimum atomic E-state index is 0.936. The van der Waals surface area contributed by atoms with Crippen LogP contribution >= 0.6 is 0 Å². The second-order valence-corrected chi connectivity index (χ2v) is 14.3. The zero-order chi connectivity index (χ0) is 36.3. The van der Waals surface area contributed by atoms with Crippen LogP contribution in [0.5, 0.6) is 0 Å². The Hall–Kier alpha value is -7.29. The molecule has 0 aliphatic rings. The highest BCUT2D eigenvalue weighted by Gasteiger charge is 2.20. The van der Waals surface area contributed by atoms with Gasteiger partial charge in [0.25, 0.3) is 0 Å². The normalized spacial score (nSPS) is 11.6. The number of hydrogen-bond donors (Lipinski definition) is 0. The van der Waals surface area contributed by atoms with Gasteiger partial charge in [0.05, 0.1) is 11.0 Å². The molecule has 0 amide bonds.